The van der Waals surface area contributed by atoms with Gasteiger partial charge >= 0.3 is 12.4 Å². The molecule has 0 unspecified atom stereocenters. The van der Waals surface area contributed by atoms with Gasteiger partial charge in [0, 0.05) is 0 Å². The minimum Gasteiger partial charge on any atom is -0.496 e. The van der Waals surface area contributed by atoms with E-state index in [0.29, 0.717) is 0 Å². The van der Waals surface area contributed by atoms with Gasteiger partial charge in [0.15, 0.2) is 0 Å². The first-order valence-electron chi connectivity index (χ1n) is 5.53. The lowest BCUT2D eigenvalue weighted by Crippen LogP contribution is -2.56. The van der Waals surface area contributed by atoms with Crippen molar-refractivity contribution in [3.63, 3.8) is 0 Å². The van der Waals surface area contributed by atoms with E-state index in [-0.39, 0.29) is 12.7 Å². The summed E-state index contributed by atoms with van der Waals surface area (Å²) in [7, 11) is 1.10. The summed E-state index contributed by atoms with van der Waals surface area (Å²) in [6.45, 7) is -1.40. The Hall–Kier alpha value is -1.51. The Bertz CT molecular complexity index is 479. The van der Waals surface area contributed by atoms with Crippen molar-refractivity contribution in [3.8, 4) is 5.75 Å². The van der Waals surface area contributed by atoms with Crippen LogP contribution in [0, 0.1) is 5.82 Å². The topological polar surface area (TPSA) is 18.5 Å². The monoisotopic (exact) mass is 320 g/mol. The molecule has 9 heteroatoms. The second kappa shape index (κ2) is 5.70. The molecule has 0 atom stereocenters. The Balaban J connectivity index is 3.10. The molecule has 1 aromatic carbocycles. The van der Waals surface area contributed by atoms with Crippen LogP contribution in [-0.4, -0.2) is 25.1 Å². The summed E-state index contributed by atoms with van der Waals surface area (Å²) in [6.07, 6.45) is -11.4. The van der Waals surface area contributed by atoms with E-state index in [9.17, 15) is 30.7 Å². The van der Waals surface area contributed by atoms with Crippen molar-refractivity contribution in [2.45, 2.75) is 31.5 Å². The van der Waals surface area contributed by atoms with E-state index in [0.717, 1.165) is 13.2 Å². The van der Waals surface area contributed by atoms with Crippen LogP contribution in [0.15, 0.2) is 18.2 Å². The molecule has 0 aliphatic rings. The van der Waals surface area contributed by atoms with Gasteiger partial charge in [0.25, 0.3) is 5.60 Å². The molecule has 1 rings (SSSR count). The van der Waals surface area contributed by atoms with Crippen LogP contribution in [0.2, 0.25) is 0 Å². The Morgan fingerprint density at radius 1 is 1.00 bits per heavy atom. The molecule has 120 valence electrons. The maximum atomic E-state index is 13.5. The maximum Gasteiger partial charge on any atom is 0.426 e. The fraction of sp³-hybridized carbons (Fsp3) is 0.500. The van der Waals surface area contributed by atoms with Gasteiger partial charge in [-0.3, -0.25) is 0 Å². The SMILES string of the molecule is COc1cccc(F)c1COC(C)(C(F)(F)F)C(F)(F)F. The van der Waals surface area contributed by atoms with E-state index in [1.807, 2.05) is 0 Å². The first-order valence-corrected chi connectivity index (χ1v) is 5.53. The summed E-state index contributed by atoms with van der Waals surface area (Å²) in [5, 5.41) is 0. The van der Waals surface area contributed by atoms with Gasteiger partial charge in [-0.25, -0.2) is 4.39 Å². The Labute approximate surface area is 115 Å². The highest BCUT2D eigenvalue weighted by Crippen LogP contribution is 2.46. The molecule has 0 radical (unpaired) electrons. The summed E-state index contributed by atoms with van der Waals surface area (Å²) in [5.74, 6) is -1.23. The zero-order valence-electron chi connectivity index (χ0n) is 10.9. The molecule has 0 fully saturated rings. The van der Waals surface area contributed by atoms with Crippen LogP contribution in [0.4, 0.5) is 30.7 Å². The van der Waals surface area contributed by atoms with Crippen LogP contribution in [-0.2, 0) is 11.3 Å². The molecular weight excluding hydrogens is 309 g/mol. The van der Waals surface area contributed by atoms with Crippen LogP contribution in [0.1, 0.15) is 12.5 Å². The van der Waals surface area contributed by atoms with E-state index in [1.165, 1.54) is 12.1 Å². The van der Waals surface area contributed by atoms with Crippen molar-refractivity contribution in [3.05, 3.63) is 29.6 Å². The molecule has 0 saturated carbocycles. The minimum absolute atomic E-state index is 0.152. The summed E-state index contributed by atoms with van der Waals surface area (Å²) in [4.78, 5) is 0. The van der Waals surface area contributed by atoms with E-state index < -0.39 is 35.9 Å². The maximum absolute atomic E-state index is 13.5. The van der Waals surface area contributed by atoms with Crippen molar-refractivity contribution in [1.29, 1.82) is 0 Å². The van der Waals surface area contributed by atoms with Crippen LogP contribution in [0.25, 0.3) is 0 Å². The Morgan fingerprint density at radius 3 is 1.95 bits per heavy atom. The first kappa shape index (κ1) is 17.5. The van der Waals surface area contributed by atoms with Gasteiger partial charge in [-0.2, -0.15) is 26.3 Å². The van der Waals surface area contributed by atoms with E-state index in [1.54, 1.807) is 0 Å². The Kier molecular flexibility index (Phi) is 4.76. The predicted octanol–water partition coefficient (Wildman–Crippen LogP) is 4.23. The molecule has 0 aromatic heterocycles. The van der Waals surface area contributed by atoms with Gasteiger partial charge in [0.1, 0.15) is 11.6 Å². The largest absolute Gasteiger partial charge is 0.496 e. The van der Waals surface area contributed by atoms with Crippen molar-refractivity contribution in [2.24, 2.45) is 0 Å². The molecule has 0 aliphatic carbocycles. The lowest BCUT2D eigenvalue weighted by molar-refractivity contribution is -0.377. The zero-order chi connectivity index (χ0) is 16.5. The third kappa shape index (κ3) is 3.39. The van der Waals surface area contributed by atoms with Crippen molar-refractivity contribution in [2.75, 3.05) is 7.11 Å². The lowest BCUT2D eigenvalue weighted by atomic mass is 10.1. The molecule has 1 aromatic rings. The molecule has 0 aliphatic heterocycles. The number of halogens is 7. The number of alkyl halides is 6. The van der Waals surface area contributed by atoms with Crippen LogP contribution < -0.4 is 4.74 Å². The number of methoxy groups -OCH3 is 1. The van der Waals surface area contributed by atoms with Gasteiger partial charge in [-0.1, -0.05) is 6.07 Å². The molecular formula is C12H11F7O2. The second-order valence-electron chi connectivity index (χ2n) is 4.24. The molecule has 0 spiro atoms. The fourth-order valence-corrected chi connectivity index (χ4v) is 1.41. The Morgan fingerprint density at radius 2 is 1.52 bits per heavy atom. The molecule has 0 bridgehead atoms. The van der Waals surface area contributed by atoms with Crippen molar-refractivity contribution in [1.82, 2.24) is 0 Å². The van der Waals surface area contributed by atoms with Gasteiger partial charge in [0.2, 0.25) is 0 Å². The third-order valence-corrected chi connectivity index (χ3v) is 2.88. The fourth-order valence-electron chi connectivity index (χ4n) is 1.41. The number of hydrogen-bond acceptors (Lipinski definition) is 2. The molecule has 0 saturated heterocycles. The molecule has 0 N–H and O–H groups in total. The molecule has 0 heterocycles. The van der Waals surface area contributed by atoms with Crippen LogP contribution in [0.5, 0.6) is 5.75 Å². The van der Waals surface area contributed by atoms with Gasteiger partial charge < -0.3 is 9.47 Å². The third-order valence-electron chi connectivity index (χ3n) is 2.88. The summed E-state index contributed by atoms with van der Waals surface area (Å²) in [5.41, 5.74) is -4.94. The number of hydrogen-bond donors (Lipinski definition) is 0. The van der Waals surface area contributed by atoms with E-state index in [4.69, 9.17) is 0 Å². The smallest absolute Gasteiger partial charge is 0.426 e. The average molecular weight is 320 g/mol. The highest BCUT2D eigenvalue weighted by molar-refractivity contribution is 5.34. The molecule has 21 heavy (non-hydrogen) atoms. The summed E-state index contributed by atoms with van der Waals surface area (Å²) in [6, 6.07) is 3.27. The van der Waals surface area contributed by atoms with Gasteiger partial charge in [0.05, 0.1) is 19.3 Å². The highest BCUT2D eigenvalue weighted by Gasteiger charge is 2.69. The van der Waals surface area contributed by atoms with Gasteiger partial charge in [-0.15, -0.1) is 0 Å². The van der Waals surface area contributed by atoms with Crippen molar-refractivity contribution >= 4 is 0 Å². The number of benzene rings is 1. The average Bonchev–Trinajstić information content (AvgIpc) is 2.33. The minimum atomic E-state index is -5.70. The van der Waals surface area contributed by atoms with E-state index in [2.05, 4.69) is 9.47 Å². The number of ether oxygens (including phenoxy) is 2. The van der Waals surface area contributed by atoms with Gasteiger partial charge in [-0.05, 0) is 19.1 Å². The first-order chi connectivity index (χ1) is 9.44. The van der Waals surface area contributed by atoms with E-state index >= 15 is 0 Å². The zero-order valence-corrected chi connectivity index (χ0v) is 10.9. The lowest BCUT2D eigenvalue weighted by Gasteiger charge is -2.33. The second-order valence-corrected chi connectivity index (χ2v) is 4.24. The molecule has 0 amide bonds. The summed E-state index contributed by atoms with van der Waals surface area (Å²) >= 11 is 0. The standard InChI is InChI=1S/C12H11F7O2/c1-10(11(14,15)16,12(17,18)19)21-6-7-8(13)4-3-5-9(7)20-2/h3-5H,6H2,1-2H3. The summed E-state index contributed by atoms with van der Waals surface area (Å²) < 4.78 is 97.9. The number of rotatable bonds is 4. The van der Waals surface area contributed by atoms with Crippen LogP contribution in [0.3, 0.4) is 0 Å². The van der Waals surface area contributed by atoms with Crippen molar-refractivity contribution < 1.29 is 40.2 Å². The molecule has 2 nitrogen and oxygen atoms in total. The highest BCUT2D eigenvalue weighted by atomic mass is 19.4. The predicted molar refractivity (Wildman–Crippen MR) is 58.3 cm³/mol. The van der Waals surface area contributed by atoms with Crippen LogP contribution >= 0.6 is 0 Å². The quantitative estimate of drug-likeness (QED) is 0.773. The normalized spacial score (nSPS) is 13.4.